The number of carbonyl (C=O) groups is 1. The van der Waals surface area contributed by atoms with Crippen molar-refractivity contribution in [2.75, 3.05) is 11.9 Å². The molecule has 0 spiro atoms. The molecule has 6 nitrogen and oxygen atoms in total. The van der Waals surface area contributed by atoms with E-state index < -0.39 is 10.0 Å². The highest BCUT2D eigenvalue weighted by atomic mass is 32.2. The normalized spacial score (nSPS) is 12.4. The number of carbonyl (C=O) groups excluding carboxylic acids is 1. The second kappa shape index (κ2) is 9.01. The van der Waals surface area contributed by atoms with Gasteiger partial charge < -0.3 is 10.1 Å². The van der Waals surface area contributed by atoms with Crippen molar-refractivity contribution in [1.29, 1.82) is 0 Å². The number of ether oxygens (including phenoxy) is 1. The number of benzene rings is 2. The molecule has 0 heterocycles. The summed E-state index contributed by atoms with van der Waals surface area (Å²) in [4.78, 5) is 12.2. The minimum atomic E-state index is -3.55. The van der Waals surface area contributed by atoms with Gasteiger partial charge in [-0.1, -0.05) is 13.0 Å². The summed E-state index contributed by atoms with van der Waals surface area (Å²) in [6.07, 6.45) is 0.704. The zero-order valence-electron chi connectivity index (χ0n) is 16.1. The highest BCUT2D eigenvalue weighted by molar-refractivity contribution is 7.89. The molecule has 0 saturated carbocycles. The van der Waals surface area contributed by atoms with Gasteiger partial charge in [-0.15, -0.1) is 0 Å². The lowest BCUT2D eigenvalue weighted by Gasteiger charge is -2.13. The van der Waals surface area contributed by atoms with Gasteiger partial charge in [-0.2, -0.15) is 0 Å². The molecule has 0 fully saturated rings. The fourth-order valence-corrected chi connectivity index (χ4v) is 3.85. The van der Waals surface area contributed by atoms with Crippen LogP contribution in [0, 0.1) is 13.8 Å². The lowest BCUT2D eigenvalue weighted by atomic mass is 10.1. The molecule has 27 heavy (non-hydrogen) atoms. The van der Waals surface area contributed by atoms with Gasteiger partial charge in [0.2, 0.25) is 10.0 Å². The molecule has 0 bridgehead atoms. The third kappa shape index (κ3) is 6.37. The number of nitrogens with one attached hydrogen (secondary N) is 2. The van der Waals surface area contributed by atoms with Crippen LogP contribution in [-0.2, 0) is 14.8 Å². The SMILES string of the molecule is CC[C@@H](C)NS(=O)(=O)c1ccc(OCC(=O)Nc2cc(C)cc(C)c2)cc1. The Morgan fingerprint density at radius 3 is 2.22 bits per heavy atom. The Bertz CT molecular complexity index is 872. The predicted octanol–water partition coefficient (Wildman–Crippen LogP) is 3.40. The van der Waals surface area contributed by atoms with E-state index in [1.165, 1.54) is 24.3 Å². The number of hydrogen-bond donors (Lipinski definition) is 2. The summed E-state index contributed by atoms with van der Waals surface area (Å²) in [5.41, 5.74) is 2.85. The number of rotatable bonds is 8. The monoisotopic (exact) mass is 390 g/mol. The van der Waals surface area contributed by atoms with Gasteiger partial charge >= 0.3 is 0 Å². The van der Waals surface area contributed by atoms with Crippen LogP contribution in [0.15, 0.2) is 47.4 Å². The van der Waals surface area contributed by atoms with Gasteiger partial charge in [0.25, 0.3) is 5.91 Å². The number of amides is 1. The van der Waals surface area contributed by atoms with E-state index in [2.05, 4.69) is 10.0 Å². The maximum atomic E-state index is 12.2. The summed E-state index contributed by atoms with van der Waals surface area (Å²) >= 11 is 0. The molecule has 2 rings (SSSR count). The topological polar surface area (TPSA) is 84.5 Å². The van der Waals surface area contributed by atoms with Crippen LogP contribution in [-0.4, -0.2) is 27.0 Å². The summed E-state index contributed by atoms with van der Waals surface area (Å²) < 4.78 is 32.5. The summed E-state index contributed by atoms with van der Waals surface area (Å²) in [6.45, 7) is 7.48. The minimum Gasteiger partial charge on any atom is -0.484 e. The third-order valence-corrected chi connectivity index (χ3v) is 5.58. The average molecular weight is 391 g/mol. The quantitative estimate of drug-likeness (QED) is 0.723. The summed E-state index contributed by atoms with van der Waals surface area (Å²) in [5, 5.41) is 2.79. The van der Waals surface area contributed by atoms with Crippen LogP contribution in [0.1, 0.15) is 31.4 Å². The fraction of sp³-hybridized carbons (Fsp3) is 0.350. The highest BCUT2D eigenvalue weighted by Crippen LogP contribution is 2.17. The molecular weight excluding hydrogens is 364 g/mol. The van der Waals surface area contributed by atoms with Crippen molar-refractivity contribution in [3.8, 4) is 5.75 Å². The van der Waals surface area contributed by atoms with Gasteiger partial charge in [-0.3, -0.25) is 4.79 Å². The second-order valence-corrected chi connectivity index (χ2v) is 8.33. The van der Waals surface area contributed by atoms with Crippen molar-refractivity contribution in [2.24, 2.45) is 0 Å². The van der Waals surface area contributed by atoms with Crippen molar-refractivity contribution in [2.45, 2.75) is 45.1 Å². The third-order valence-electron chi connectivity index (χ3n) is 3.98. The Morgan fingerprint density at radius 1 is 1.07 bits per heavy atom. The van der Waals surface area contributed by atoms with Crippen LogP contribution >= 0.6 is 0 Å². The number of hydrogen-bond acceptors (Lipinski definition) is 4. The van der Waals surface area contributed by atoms with E-state index in [-0.39, 0.29) is 23.5 Å². The summed E-state index contributed by atoms with van der Waals surface area (Å²) in [7, 11) is -3.55. The molecule has 0 aliphatic rings. The molecule has 0 aliphatic carbocycles. The molecule has 2 aromatic carbocycles. The standard InChI is InChI=1S/C20H26N2O4S/c1-5-16(4)22-27(24,25)19-8-6-18(7-9-19)26-13-20(23)21-17-11-14(2)10-15(3)12-17/h6-12,16,22H,5,13H2,1-4H3,(H,21,23)/t16-/m1/s1. The summed E-state index contributed by atoms with van der Waals surface area (Å²) in [6, 6.07) is 11.6. The van der Waals surface area contributed by atoms with Crippen molar-refractivity contribution < 1.29 is 17.9 Å². The maximum Gasteiger partial charge on any atom is 0.262 e. The second-order valence-electron chi connectivity index (χ2n) is 6.62. The Labute approximate surface area is 161 Å². The van der Waals surface area contributed by atoms with Crippen LogP contribution < -0.4 is 14.8 Å². The zero-order chi connectivity index (χ0) is 20.0. The van der Waals surface area contributed by atoms with E-state index in [0.29, 0.717) is 12.2 Å². The van der Waals surface area contributed by atoms with Crippen molar-refractivity contribution in [3.05, 3.63) is 53.6 Å². The molecule has 0 aromatic heterocycles. The van der Waals surface area contributed by atoms with Crippen LogP contribution in [0.2, 0.25) is 0 Å². The van der Waals surface area contributed by atoms with E-state index >= 15 is 0 Å². The van der Waals surface area contributed by atoms with Crippen LogP contribution in [0.3, 0.4) is 0 Å². The van der Waals surface area contributed by atoms with Gasteiger partial charge in [0.05, 0.1) is 4.90 Å². The molecule has 1 atom stereocenters. The van der Waals surface area contributed by atoms with Gasteiger partial charge in [-0.05, 0) is 74.7 Å². The van der Waals surface area contributed by atoms with Gasteiger partial charge in [0, 0.05) is 11.7 Å². The van der Waals surface area contributed by atoms with Gasteiger partial charge in [0.1, 0.15) is 5.75 Å². The Kier molecular flexibility index (Phi) is 6.98. The molecule has 0 radical (unpaired) electrons. The summed E-state index contributed by atoms with van der Waals surface area (Å²) in [5.74, 6) is 0.142. The highest BCUT2D eigenvalue weighted by Gasteiger charge is 2.16. The molecule has 1 amide bonds. The van der Waals surface area contributed by atoms with Crippen molar-refractivity contribution in [1.82, 2.24) is 4.72 Å². The molecule has 7 heteroatoms. The van der Waals surface area contributed by atoms with E-state index in [1.807, 2.05) is 45.9 Å². The van der Waals surface area contributed by atoms with Crippen LogP contribution in [0.4, 0.5) is 5.69 Å². The van der Waals surface area contributed by atoms with Gasteiger partial charge in [0.15, 0.2) is 6.61 Å². The van der Waals surface area contributed by atoms with Crippen molar-refractivity contribution in [3.63, 3.8) is 0 Å². The zero-order valence-corrected chi connectivity index (χ0v) is 16.9. The van der Waals surface area contributed by atoms with Crippen LogP contribution in [0.25, 0.3) is 0 Å². The van der Waals surface area contributed by atoms with E-state index in [0.717, 1.165) is 16.8 Å². The molecule has 0 aliphatic heterocycles. The van der Waals surface area contributed by atoms with E-state index in [1.54, 1.807) is 0 Å². The average Bonchev–Trinajstić information content (AvgIpc) is 2.59. The van der Waals surface area contributed by atoms with Crippen LogP contribution in [0.5, 0.6) is 5.75 Å². The minimum absolute atomic E-state index is 0.139. The van der Waals surface area contributed by atoms with Gasteiger partial charge in [-0.25, -0.2) is 13.1 Å². The number of aryl methyl sites for hydroxylation is 2. The first-order valence-electron chi connectivity index (χ1n) is 8.83. The largest absolute Gasteiger partial charge is 0.484 e. The molecule has 0 unspecified atom stereocenters. The Morgan fingerprint density at radius 2 is 1.67 bits per heavy atom. The molecule has 146 valence electrons. The first-order chi connectivity index (χ1) is 12.7. The lowest BCUT2D eigenvalue weighted by Crippen LogP contribution is -2.31. The van der Waals surface area contributed by atoms with E-state index in [9.17, 15) is 13.2 Å². The van der Waals surface area contributed by atoms with Crippen molar-refractivity contribution >= 4 is 21.6 Å². The molecule has 2 aromatic rings. The molecule has 2 N–H and O–H groups in total. The maximum absolute atomic E-state index is 12.2. The molecular formula is C20H26N2O4S. The smallest absolute Gasteiger partial charge is 0.262 e. The first-order valence-corrected chi connectivity index (χ1v) is 10.3. The Balaban J connectivity index is 1.93. The number of anilines is 1. The fourth-order valence-electron chi connectivity index (χ4n) is 2.52. The first kappa shape index (κ1) is 20.9. The lowest BCUT2D eigenvalue weighted by molar-refractivity contribution is -0.118. The predicted molar refractivity (Wildman–Crippen MR) is 107 cm³/mol. The Hall–Kier alpha value is -2.38. The number of sulfonamides is 1. The van der Waals surface area contributed by atoms with E-state index in [4.69, 9.17) is 4.74 Å². The molecule has 0 saturated heterocycles.